The molecular weight excluding hydrogens is 424 g/mol. The molecule has 7 nitrogen and oxygen atoms in total. The zero-order valence-corrected chi connectivity index (χ0v) is 18.1. The van der Waals surface area contributed by atoms with Gasteiger partial charge in [0.05, 0.1) is 18.7 Å². The molecule has 2 N–H and O–H groups in total. The Bertz CT molecular complexity index is 955. The normalized spacial score (nSPS) is 20.0. The fourth-order valence-corrected chi connectivity index (χ4v) is 4.79. The van der Waals surface area contributed by atoms with Crippen LogP contribution in [0, 0.1) is 0 Å². The van der Waals surface area contributed by atoms with Gasteiger partial charge in [0.1, 0.15) is 0 Å². The number of thiophene rings is 1. The first-order valence-electron chi connectivity index (χ1n) is 9.70. The van der Waals surface area contributed by atoms with Crippen LogP contribution >= 0.6 is 22.9 Å². The highest BCUT2D eigenvalue weighted by atomic mass is 35.5. The summed E-state index contributed by atoms with van der Waals surface area (Å²) in [6.07, 6.45) is 0. The second-order valence-corrected chi connectivity index (χ2v) is 8.59. The van der Waals surface area contributed by atoms with Crippen molar-refractivity contribution in [2.45, 2.75) is 6.04 Å². The molecular formula is C21H23ClN4O3S. The number of carbonyl (C=O) groups is 2. The Morgan fingerprint density at radius 1 is 1.23 bits per heavy atom. The first-order valence-corrected chi connectivity index (χ1v) is 11.0. The molecule has 3 heterocycles. The molecule has 1 fully saturated rings. The van der Waals surface area contributed by atoms with E-state index in [1.165, 1.54) is 18.4 Å². The molecule has 2 aromatic rings. The average molecular weight is 447 g/mol. The first kappa shape index (κ1) is 20.7. The Morgan fingerprint density at radius 3 is 2.70 bits per heavy atom. The molecule has 1 aromatic heterocycles. The van der Waals surface area contributed by atoms with Gasteiger partial charge in [-0.25, -0.2) is 9.59 Å². The van der Waals surface area contributed by atoms with Crippen LogP contribution in [-0.4, -0.2) is 56.7 Å². The maximum atomic E-state index is 12.6. The molecule has 2 amide bonds. The lowest BCUT2D eigenvalue weighted by Crippen LogP contribution is -2.51. The number of anilines is 1. The number of esters is 1. The van der Waals surface area contributed by atoms with Gasteiger partial charge in [-0.1, -0.05) is 23.7 Å². The van der Waals surface area contributed by atoms with Gasteiger partial charge < -0.3 is 20.3 Å². The third-order valence-electron chi connectivity index (χ3n) is 5.31. The molecule has 0 saturated carbocycles. The van der Waals surface area contributed by atoms with E-state index >= 15 is 0 Å². The van der Waals surface area contributed by atoms with Crippen molar-refractivity contribution in [1.82, 2.24) is 15.5 Å². The standard InChI is InChI=1S/C21H23ClN4O3S/c1-29-20(27)18-16(23-21(28)24-19(18)17-6-3-11-30-17)13-25-7-9-26(10-8-25)15-5-2-4-14(22)12-15/h2-6,11-12,19H,7-10,13H2,1H3,(H2,23,24,28). The zero-order valence-electron chi connectivity index (χ0n) is 16.6. The van der Waals surface area contributed by atoms with Crippen LogP contribution in [-0.2, 0) is 9.53 Å². The molecule has 1 aromatic carbocycles. The van der Waals surface area contributed by atoms with E-state index < -0.39 is 12.0 Å². The maximum Gasteiger partial charge on any atom is 0.338 e. The van der Waals surface area contributed by atoms with Crippen molar-refractivity contribution >= 4 is 40.6 Å². The molecule has 0 bridgehead atoms. The highest BCUT2D eigenvalue weighted by Gasteiger charge is 2.35. The topological polar surface area (TPSA) is 73.9 Å². The summed E-state index contributed by atoms with van der Waals surface area (Å²) in [6, 6.07) is 10.8. The van der Waals surface area contributed by atoms with E-state index in [1.807, 2.05) is 35.7 Å². The molecule has 2 aliphatic heterocycles. The molecule has 0 spiro atoms. The number of piperazine rings is 1. The van der Waals surface area contributed by atoms with Gasteiger partial charge >= 0.3 is 12.0 Å². The molecule has 30 heavy (non-hydrogen) atoms. The molecule has 0 radical (unpaired) electrons. The van der Waals surface area contributed by atoms with Gasteiger partial charge in [-0.2, -0.15) is 0 Å². The van der Waals surface area contributed by atoms with Crippen LogP contribution in [0.3, 0.4) is 0 Å². The summed E-state index contributed by atoms with van der Waals surface area (Å²) in [4.78, 5) is 30.3. The lowest BCUT2D eigenvalue weighted by molar-refractivity contribution is -0.136. The van der Waals surface area contributed by atoms with E-state index in [1.54, 1.807) is 0 Å². The number of ether oxygens (including phenoxy) is 1. The van der Waals surface area contributed by atoms with Crippen molar-refractivity contribution in [3.05, 3.63) is 62.9 Å². The maximum absolute atomic E-state index is 12.6. The summed E-state index contributed by atoms with van der Waals surface area (Å²) in [5, 5.41) is 8.33. The van der Waals surface area contributed by atoms with Crippen molar-refractivity contribution in [2.24, 2.45) is 0 Å². The minimum atomic E-state index is -0.506. The van der Waals surface area contributed by atoms with Crippen LogP contribution in [0.5, 0.6) is 0 Å². The van der Waals surface area contributed by atoms with Crippen LogP contribution < -0.4 is 15.5 Å². The van der Waals surface area contributed by atoms with Crippen molar-refractivity contribution < 1.29 is 14.3 Å². The van der Waals surface area contributed by atoms with Gasteiger partial charge in [0.25, 0.3) is 0 Å². The van der Waals surface area contributed by atoms with Crippen molar-refractivity contribution in [3.8, 4) is 0 Å². The van der Waals surface area contributed by atoms with E-state index in [4.69, 9.17) is 16.3 Å². The lowest BCUT2D eigenvalue weighted by Gasteiger charge is -2.37. The minimum absolute atomic E-state index is 0.311. The molecule has 1 unspecified atom stereocenters. The number of rotatable bonds is 5. The third kappa shape index (κ3) is 4.45. The summed E-state index contributed by atoms with van der Waals surface area (Å²) in [5.74, 6) is -0.437. The summed E-state index contributed by atoms with van der Waals surface area (Å²) in [7, 11) is 1.36. The number of amides is 2. The quantitative estimate of drug-likeness (QED) is 0.691. The number of methoxy groups -OCH3 is 1. The van der Waals surface area contributed by atoms with Gasteiger partial charge in [0, 0.05) is 54.0 Å². The van der Waals surface area contributed by atoms with E-state index in [-0.39, 0.29) is 6.03 Å². The van der Waals surface area contributed by atoms with Crippen LogP contribution in [0.25, 0.3) is 0 Å². The monoisotopic (exact) mass is 446 g/mol. The molecule has 9 heteroatoms. The van der Waals surface area contributed by atoms with Gasteiger partial charge in [0.15, 0.2) is 0 Å². The number of nitrogens with zero attached hydrogens (tertiary/aromatic N) is 2. The largest absolute Gasteiger partial charge is 0.466 e. The SMILES string of the molecule is COC(=O)C1=C(CN2CCN(c3cccc(Cl)c3)CC2)NC(=O)NC1c1cccs1. The highest BCUT2D eigenvalue weighted by molar-refractivity contribution is 7.10. The van der Waals surface area contributed by atoms with Crippen molar-refractivity contribution in [2.75, 3.05) is 44.7 Å². The molecule has 0 aliphatic carbocycles. The highest BCUT2D eigenvalue weighted by Crippen LogP contribution is 2.31. The molecule has 1 saturated heterocycles. The average Bonchev–Trinajstić information content (AvgIpc) is 3.28. The fourth-order valence-electron chi connectivity index (χ4n) is 3.82. The smallest absolute Gasteiger partial charge is 0.338 e. The van der Waals surface area contributed by atoms with Gasteiger partial charge in [-0.05, 0) is 29.6 Å². The second kappa shape index (κ2) is 9.07. The Hall–Kier alpha value is -2.55. The molecule has 1 atom stereocenters. The van der Waals surface area contributed by atoms with E-state index in [0.717, 1.165) is 41.8 Å². The Morgan fingerprint density at radius 2 is 2.03 bits per heavy atom. The number of halogens is 1. The third-order valence-corrected chi connectivity index (χ3v) is 6.49. The van der Waals surface area contributed by atoms with Gasteiger partial charge in [-0.15, -0.1) is 11.3 Å². The molecule has 158 valence electrons. The number of urea groups is 1. The summed E-state index contributed by atoms with van der Waals surface area (Å²) in [5.41, 5.74) is 2.15. The summed E-state index contributed by atoms with van der Waals surface area (Å²) >= 11 is 7.61. The number of benzene rings is 1. The number of nitrogens with one attached hydrogen (secondary N) is 2. The predicted octanol–water partition coefficient (Wildman–Crippen LogP) is 3.00. The molecule has 4 rings (SSSR count). The minimum Gasteiger partial charge on any atom is -0.466 e. The van der Waals surface area contributed by atoms with Gasteiger partial charge in [0.2, 0.25) is 0 Å². The van der Waals surface area contributed by atoms with Crippen LogP contribution in [0.15, 0.2) is 53.0 Å². The van der Waals surface area contributed by atoms with E-state index in [2.05, 4.69) is 26.5 Å². The van der Waals surface area contributed by atoms with Gasteiger partial charge in [-0.3, -0.25) is 4.90 Å². The number of carbonyl (C=O) groups excluding carboxylic acids is 2. The van der Waals surface area contributed by atoms with Crippen LogP contribution in [0.2, 0.25) is 5.02 Å². The van der Waals surface area contributed by atoms with Crippen molar-refractivity contribution in [3.63, 3.8) is 0 Å². The van der Waals surface area contributed by atoms with Crippen LogP contribution in [0.1, 0.15) is 10.9 Å². The Kier molecular flexibility index (Phi) is 6.26. The lowest BCUT2D eigenvalue weighted by atomic mass is 10.0. The summed E-state index contributed by atoms with van der Waals surface area (Å²) < 4.78 is 5.04. The Balaban J connectivity index is 1.51. The molecule has 2 aliphatic rings. The number of hydrogen-bond donors (Lipinski definition) is 2. The number of hydrogen-bond acceptors (Lipinski definition) is 6. The summed E-state index contributed by atoms with van der Waals surface area (Å²) in [6.45, 7) is 3.75. The predicted molar refractivity (Wildman–Crippen MR) is 118 cm³/mol. The second-order valence-electron chi connectivity index (χ2n) is 7.17. The fraction of sp³-hybridized carbons (Fsp3) is 0.333. The van der Waals surface area contributed by atoms with E-state index in [0.29, 0.717) is 17.8 Å². The van der Waals surface area contributed by atoms with Crippen molar-refractivity contribution in [1.29, 1.82) is 0 Å². The van der Waals surface area contributed by atoms with Crippen LogP contribution in [0.4, 0.5) is 10.5 Å². The first-order chi connectivity index (χ1) is 14.5. The Labute approximate surface area is 184 Å². The zero-order chi connectivity index (χ0) is 21.1. The van der Waals surface area contributed by atoms with E-state index in [9.17, 15) is 9.59 Å².